The third-order valence-electron chi connectivity index (χ3n) is 3.21. The molecule has 0 spiro atoms. The molecule has 1 aliphatic carbocycles. The van der Waals surface area contributed by atoms with Crippen LogP contribution in [-0.2, 0) is 17.6 Å². The van der Waals surface area contributed by atoms with Crippen molar-refractivity contribution in [3.63, 3.8) is 0 Å². The smallest absolute Gasteiger partial charge is 0.217 e. The van der Waals surface area contributed by atoms with Gasteiger partial charge in [0.25, 0.3) is 0 Å². The molecule has 102 valence electrons. The van der Waals surface area contributed by atoms with E-state index < -0.39 is 0 Å². The molecule has 0 radical (unpaired) electrons. The maximum absolute atomic E-state index is 10.7. The highest BCUT2D eigenvalue weighted by molar-refractivity contribution is 7.80. The number of anilines is 1. The van der Waals surface area contributed by atoms with Crippen LogP contribution in [0.4, 0.5) is 5.82 Å². The number of fused-ring (bicyclic) bond motifs is 1. The van der Waals surface area contributed by atoms with Crippen molar-refractivity contribution in [2.75, 3.05) is 11.9 Å². The molecule has 0 unspecified atom stereocenters. The van der Waals surface area contributed by atoms with Crippen LogP contribution in [0.2, 0.25) is 0 Å². The molecular formula is C13H18N4OS. The molecular weight excluding hydrogens is 260 g/mol. The summed E-state index contributed by atoms with van der Waals surface area (Å²) in [4.78, 5) is 15.6. The minimum absolute atomic E-state index is 0.293. The Balaban J connectivity index is 2.10. The zero-order chi connectivity index (χ0) is 13.8. The summed E-state index contributed by atoms with van der Waals surface area (Å²) in [6.07, 6.45) is 4.21. The highest BCUT2D eigenvalue weighted by Gasteiger charge is 2.17. The van der Waals surface area contributed by atoms with Crippen LogP contribution in [-0.4, -0.2) is 22.4 Å². The van der Waals surface area contributed by atoms with Crippen LogP contribution >= 0.6 is 12.2 Å². The largest absolute Gasteiger partial charge is 0.389 e. The summed E-state index contributed by atoms with van der Waals surface area (Å²) < 4.78 is 0. The molecule has 1 aliphatic rings. The van der Waals surface area contributed by atoms with E-state index in [1.807, 2.05) is 6.07 Å². The SMILES string of the molecule is NC(=O)CCCNc1nc2c(cc1C(N)=S)CCC2. The first kappa shape index (κ1) is 13.7. The van der Waals surface area contributed by atoms with E-state index in [9.17, 15) is 4.79 Å². The van der Waals surface area contributed by atoms with Crippen molar-refractivity contribution in [2.24, 2.45) is 11.5 Å². The maximum atomic E-state index is 10.7. The number of aromatic nitrogens is 1. The predicted octanol–water partition coefficient (Wildman–Crippen LogP) is 0.882. The number of rotatable bonds is 6. The normalized spacial score (nSPS) is 13.1. The number of aryl methyl sites for hydroxylation is 2. The fourth-order valence-corrected chi connectivity index (χ4v) is 2.42. The van der Waals surface area contributed by atoms with Gasteiger partial charge in [0.2, 0.25) is 5.91 Å². The molecule has 1 aromatic heterocycles. The molecule has 1 amide bonds. The molecule has 5 nitrogen and oxygen atoms in total. The van der Waals surface area contributed by atoms with Crippen LogP contribution < -0.4 is 16.8 Å². The van der Waals surface area contributed by atoms with Crippen molar-refractivity contribution in [1.29, 1.82) is 0 Å². The second kappa shape index (κ2) is 5.97. The lowest BCUT2D eigenvalue weighted by atomic mass is 10.1. The number of primary amides is 1. The number of nitrogens with zero attached hydrogens (tertiary/aromatic N) is 1. The second-order valence-electron chi connectivity index (χ2n) is 4.70. The number of amides is 1. The molecule has 5 N–H and O–H groups in total. The zero-order valence-electron chi connectivity index (χ0n) is 10.7. The van der Waals surface area contributed by atoms with Crippen molar-refractivity contribution in [3.8, 4) is 0 Å². The Morgan fingerprint density at radius 3 is 2.89 bits per heavy atom. The van der Waals surface area contributed by atoms with Gasteiger partial charge in [0.05, 0.1) is 5.56 Å². The lowest BCUT2D eigenvalue weighted by molar-refractivity contribution is -0.118. The van der Waals surface area contributed by atoms with E-state index in [0.717, 1.165) is 36.3 Å². The van der Waals surface area contributed by atoms with E-state index in [2.05, 4.69) is 10.3 Å². The highest BCUT2D eigenvalue weighted by Crippen LogP contribution is 2.25. The summed E-state index contributed by atoms with van der Waals surface area (Å²) in [6, 6.07) is 2.04. The number of hydrogen-bond acceptors (Lipinski definition) is 4. The number of pyridine rings is 1. The summed E-state index contributed by atoms with van der Waals surface area (Å²) in [5, 5.41) is 3.19. The van der Waals surface area contributed by atoms with Gasteiger partial charge in [-0.25, -0.2) is 4.98 Å². The number of thiocarbonyl (C=S) groups is 1. The summed E-state index contributed by atoms with van der Waals surface area (Å²) in [6.45, 7) is 0.629. The summed E-state index contributed by atoms with van der Waals surface area (Å²) in [5.41, 5.74) is 14.0. The van der Waals surface area contributed by atoms with Gasteiger partial charge in [0, 0.05) is 18.7 Å². The van der Waals surface area contributed by atoms with E-state index in [1.54, 1.807) is 0 Å². The Bertz CT molecular complexity index is 516. The molecule has 19 heavy (non-hydrogen) atoms. The van der Waals surface area contributed by atoms with Gasteiger partial charge in [-0.1, -0.05) is 12.2 Å². The summed E-state index contributed by atoms with van der Waals surface area (Å²) in [7, 11) is 0. The topological polar surface area (TPSA) is 94.0 Å². The van der Waals surface area contributed by atoms with Crippen molar-refractivity contribution in [2.45, 2.75) is 32.1 Å². The fraction of sp³-hybridized carbons (Fsp3) is 0.462. The molecule has 0 fully saturated rings. The summed E-state index contributed by atoms with van der Waals surface area (Å²) in [5.74, 6) is 0.427. The number of carbonyl (C=O) groups excluding carboxylic acids is 1. The van der Waals surface area contributed by atoms with Crippen molar-refractivity contribution >= 4 is 28.9 Å². The van der Waals surface area contributed by atoms with E-state index in [0.29, 0.717) is 24.4 Å². The molecule has 0 aliphatic heterocycles. The quantitative estimate of drug-likeness (QED) is 0.530. The van der Waals surface area contributed by atoms with Gasteiger partial charge in [-0.15, -0.1) is 0 Å². The number of carbonyl (C=O) groups is 1. The molecule has 1 aromatic rings. The first-order chi connectivity index (χ1) is 9.08. The van der Waals surface area contributed by atoms with E-state index in [1.165, 1.54) is 5.56 Å². The predicted molar refractivity (Wildman–Crippen MR) is 79.1 cm³/mol. The van der Waals surface area contributed by atoms with E-state index in [4.69, 9.17) is 23.7 Å². The lowest BCUT2D eigenvalue weighted by Crippen LogP contribution is -2.17. The molecule has 0 saturated carbocycles. The standard InChI is InChI=1S/C13H18N4OS/c14-11(18)5-2-6-16-13-9(12(15)19)7-8-3-1-4-10(8)17-13/h7H,1-6H2,(H2,14,18)(H2,15,19)(H,16,17). The van der Waals surface area contributed by atoms with Crippen LogP contribution in [0.5, 0.6) is 0 Å². The van der Waals surface area contributed by atoms with Crippen LogP contribution in [0.25, 0.3) is 0 Å². The third kappa shape index (κ3) is 3.41. The Kier molecular flexibility index (Phi) is 4.31. The first-order valence-corrected chi connectivity index (χ1v) is 6.83. The van der Waals surface area contributed by atoms with Crippen molar-refractivity contribution in [1.82, 2.24) is 4.98 Å². The van der Waals surface area contributed by atoms with E-state index in [-0.39, 0.29) is 5.91 Å². The third-order valence-corrected chi connectivity index (χ3v) is 3.43. The number of hydrogen-bond donors (Lipinski definition) is 3. The molecule has 0 atom stereocenters. The minimum atomic E-state index is -0.293. The molecule has 0 bridgehead atoms. The Morgan fingerprint density at radius 2 is 2.21 bits per heavy atom. The van der Waals surface area contributed by atoms with Gasteiger partial charge in [-0.3, -0.25) is 4.79 Å². The molecule has 2 rings (SSSR count). The minimum Gasteiger partial charge on any atom is -0.389 e. The second-order valence-corrected chi connectivity index (χ2v) is 5.14. The molecule has 0 saturated heterocycles. The van der Waals surface area contributed by atoms with Crippen LogP contribution in [0, 0.1) is 0 Å². The van der Waals surface area contributed by atoms with E-state index >= 15 is 0 Å². The molecule has 1 heterocycles. The van der Waals surface area contributed by atoms with Gasteiger partial charge < -0.3 is 16.8 Å². The maximum Gasteiger partial charge on any atom is 0.217 e. The summed E-state index contributed by atoms with van der Waals surface area (Å²) >= 11 is 5.06. The van der Waals surface area contributed by atoms with Crippen molar-refractivity contribution in [3.05, 3.63) is 22.9 Å². The van der Waals surface area contributed by atoms with Gasteiger partial charge in [0.1, 0.15) is 10.8 Å². The van der Waals surface area contributed by atoms with Crippen molar-refractivity contribution < 1.29 is 4.79 Å². The van der Waals surface area contributed by atoms with Gasteiger partial charge in [-0.05, 0) is 37.3 Å². The average Bonchev–Trinajstić information content (AvgIpc) is 2.80. The van der Waals surface area contributed by atoms with Gasteiger partial charge >= 0.3 is 0 Å². The number of nitrogens with two attached hydrogens (primary N) is 2. The van der Waals surface area contributed by atoms with Crippen LogP contribution in [0.15, 0.2) is 6.07 Å². The van der Waals surface area contributed by atoms with Crippen LogP contribution in [0.3, 0.4) is 0 Å². The average molecular weight is 278 g/mol. The first-order valence-electron chi connectivity index (χ1n) is 6.42. The Morgan fingerprint density at radius 1 is 1.42 bits per heavy atom. The highest BCUT2D eigenvalue weighted by atomic mass is 32.1. The molecule has 6 heteroatoms. The number of nitrogens with one attached hydrogen (secondary N) is 1. The van der Waals surface area contributed by atoms with Gasteiger partial charge in [0.15, 0.2) is 0 Å². The lowest BCUT2D eigenvalue weighted by Gasteiger charge is -2.12. The monoisotopic (exact) mass is 278 g/mol. The Labute approximate surface area is 117 Å². The van der Waals surface area contributed by atoms with Gasteiger partial charge in [-0.2, -0.15) is 0 Å². The molecule has 0 aromatic carbocycles. The van der Waals surface area contributed by atoms with Crippen LogP contribution in [0.1, 0.15) is 36.1 Å². The fourth-order valence-electron chi connectivity index (χ4n) is 2.26. The Hall–Kier alpha value is -1.69. The zero-order valence-corrected chi connectivity index (χ0v) is 11.6.